The van der Waals surface area contributed by atoms with Crippen molar-refractivity contribution in [3.8, 4) is 5.75 Å². The van der Waals surface area contributed by atoms with Gasteiger partial charge in [0.15, 0.2) is 0 Å². The maximum absolute atomic E-state index is 14.2. The molecule has 17 heteroatoms. The SMILES string of the molecule is CN(C(=O)[C@H](CC(=O)O)NC(=O)[C@H](CCCCNC(=O)/C=C/c1ccc(O)cc1)NC(=O)C(Cc1c[nH]c2ccccc12)NC(=O)OC(C)(C)C)[C@@H](Cc1ccccc1)C(N)=O. The average Bonchev–Trinajstić information content (AvgIpc) is 3.62. The lowest BCUT2D eigenvalue weighted by Gasteiger charge is -2.30. The summed E-state index contributed by atoms with van der Waals surface area (Å²) in [5.74, 6) is -5.17. The summed E-state index contributed by atoms with van der Waals surface area (Å²) in [6.45, 7) is 5.17. The van der Waals surface area contributed by atoms with E-state index in [0.717, 1.165) is 15.8 Å². The lowest BCUT2D eigenvalue weighted by molar-refractivity contribution is -0.146. The zero-order valence-corrected chi connectivity index (χ0v) is 35.2. The molecule has 0 aliphatic carbocycles. The lowest BCUT2D eigenvalue weighted by atomic mass is 10.0. The molecule has 9 N–H and O–H groups in total. The van der Waals surface area contributed by atoms with Crippen LogP contribution in [0.1, 0.15) is 63.1 Å². The number of nitrogens with two attached hydrogens (primary N) is 1. The van der Waals surface area contributed by atoms with Gasteiger partial charge in [0.05, 0.1) is 6.42 Å². The molecule has 6 amide bonds. The average molecular weight is 854 g/mol. The first-order valence-electron chi connectivity index (χ1n) is 20.1. The molecule has 0 fully saturated rings. The number of hydrogen-bond donors (Lipinski definition) is 8. The van der Waals surface area contributed by atoms with E-state index in [-0.39, 0.29) is 38.0 Å². The summed E-state index contributed by atoms with van der Waals surface area (Å²) in [6.07, 6.45) is 3.42. The van der Waals surface area contributed by atoms with Gasteiger partial charge < -0.3 is 51.8 Å². The predicted molar refractivity (Wildman–Crippen MR) is 231 cm³/mol. The highest BCUT2D eigenvalue weighted by Gasteiger charge is 2.35. The number of alkyl carbamates (subject to hydrolysis) is 1. The fourth-order valence-electron chi connectivity index (χ4n) is 6.53. The number of aliphatic carboxylic acids is 1. The first-order chi connectivity index (χ1) is 29.4. The number of hydrogen-bond acceptors (Lipinski definition) is 9. The molecule has 0 bridgehead atoms. The Bertz CT molecular complexity index is 2220. The third-order valence-electron chi connectivity index (χ3n) is 9.69. The number of para-hydroxylation sites is 1. The number of amides is 6. The quantitative estimate of drug-likeness (QED) is 0.0448. The number of aromatic hydroxyl groups is 1. The van der Waals surface area contributed by atoms with Crippen LogP contribution in [0.4, 0.5) is 4.79 Å². The number of aromatic amines is 1. The number of aromatic nitrogens is 1. The molecular formula is C45H55N7O10. The molecule has 17 nitrogen and oxygen atoms in total. The number of benzene rings is 3. The number of unbranched alkanes of at least 4 members (excludes halogenated alkanes) is 1. The van der Waals surface area contributed by atoms with E-state index in [1.54, 1.807) is 75.5 Å². The van der Waals surface area contributed by atoms with E-state index in [1.807, 2.05) is 24.3 Å². The highest BCUT2D eigenvalue weighted by Crippen LogP contribution is 2.20. The molecule has 3 aromatic carbocycles. The standard InChI is InChI=1S/C45H55N7O10/c1-45(2,3)62-44(61)51-35(25-30-27-48-33-15-9-8-14-32(30)33)42(59)49-34(16-10-11-23-47-38(54)22-19-28-17-20-31(53)21-18-28)41(58)50-36(26-39(55)56)43(60)52(4)37(40(46)57)24-29-12-6-5-7-13-29/h5-9,12-15,17-22,27,34-37,48,53H,10-11,16,23-26H2,1-4H3,(H2,46,57)(H,47,54)(H,49,59)(H,50,58)(H,51,61)(H,55,56)/b22-19+/t34-,35?,36-,37-/m0/s1. The molecule has 0 aliphatic heterocycles. The Morgan fingerprint density at radius 1 is 0.823 bits per heavy atom. The van der Waals surface area contributed by atoms with Gasteiger partial charge in [-0.15, -0.1) is 0 Å². The van der Waals surface area contributed by atoms with Crippen LogP contribution in [0.25, 0.3) is 17.0 Å². The zero-order chi connectivity index (χ0) is 45.4. The monoisotopic (exact) mass is 853 g/mol. The van der Waals surface area contributed by atoms with Crippen LogP contribution < -0.4 is 27.0 Å². The predicted octanol–water partition coefficient (Wildman–Crippen LogP) is 3.31. The number of nitrogens with one attached hydrogen (secondary N) is 5. The van der Waals surface area contributed by atoms with Crippen LogP contribution in [-0.4, -0.2) is 105 Å². The highest BCUT2D eigenvalue weighted by atomic mass is 16.6. The van der Waals surface area contributed by atoms with Crippen molar-refractivity contribution in [2.45, 2.75) is 89.1 Å². The molecule has 0 spiro atoms. The van der Waals surface area contributed by atoms with Gasteiger partial charge in [0, 0.05) is 49.6 Å². The van der Waals surface area contributed by atoms with Crippen LogP contribution in [0.3, 0.4) is 0 Å². The minimum Gasteiger partial charge on any atom is -0.508 e. The first kappa shape index (κ1) is 47.5. The number of carbonyl (C=O) groups is 7. The van der Waals surface area contributed by atoms with Crippen LogP contribution in [0.5, 0.6) is 5.75 Å². The number of H-pyrrole nitrogens is 1. The Balaban J connectivity index is 1.55. The second-order valence-electron chi connectivity index (χ2n) is 15.8. The van der Waals surface area contributed by atoms with Crippen molar-refractivity contribution in [2.24, 2.45) is 5.73 Å². The van der Waals surface area contributed by atoms with Crippen molar-refractivity contribution >= 4 is 58.6 Å². The molecule has 1 heterocycles. The van der Waals surface area contributed by atoms with Gasteiger partial charge in [0.2, 0.25) is 29.5 Å². The first-order valence-corrected chi connectivity index (χ1v) is 20.1. The Hall–Kier alpha value is -7.17. The molecular weight excluding hydrogens is 799 g/mol. The fraction of sp³-hybridized carbons (Fsp3) is 0.356. The summed E-state index contributed by atoms with van der Waals surface area (Å²) in [5.41, 5.74) is 7.64. The number of phenolic OH excluding ortho intramolecular Hbond substituents is 1. The minimum absolute atomic E-state index is 0.0199. The van der Waals surface area contributed by atoms with E-state index < -0.39 is 77.8 Å². The third-order valence-corrected chi connectivity index (χ3v) is 9.69. The van der Waals surface area contributed by atoms with E-state index in [1.165, 1.54) is 25.3 Å². The van der Waals surface area contributed by atoms with Gasteiger partial charge in [-0.25, -0.2) is 4.79 Å². The van der Waals surface area contributed by atoms with Crippen LogP contribution in [0, 0.1) is 0 Å². The van der Waals surface area contributed by atoms with Crippen molar-refractivity contribution in [3.05, 3.63) is 108 Å². The topological polar surface area (TPSA) is 262 Å². The van der Waals surface area contributed by atoms with Gasteiger partial charge in [0.1, 0.15) is 35.5 Å². The lowest BCUT2D eigenvalue weighted by Crippen LogP contribution is -2.59. The molecule has 4 rings (SSSR count). The van der Waals surface area contributed by atoms with Crippen molar-refractivity contribution in [1.82, 2.24) is 31.2 Å². The number of fused-ring (bicyclic) bond motifs is 1. The number of likely N-dealkylation sites (N-methyl/N-ethyl adjacent to an activating group) is 1. The fourth-order valence-corrected chi connectivity index (χ4v) is 6.53. The van der Waals surface area contributed by atoms with Crippen molar-refractivity contribution in [2.75, 3.05) is 13.6 Å². The minimum atomic E-state index is -1.68. The normalized spacial score (nSPS) is 13.3. The summed E-state index contributed by atoms with van der Waals surface area (Å²) >= 11 is 0. The van der Waals surface area contributed by atoms with Crippen molar-refractivity contribution < 1.29 is 48.5 Å². The maximum Gasteiger partial charge on any atom is 0.408 e. The number of phenols is 1. The Morgan fingerprint density at radius 3 is 2.13 bits per heavy atom. The molecule has 0 saturated carbocycles. The van der Waals surface area contributed by atoms with Crippen LogP contribution in [-0.2, 0) is 46.3 Å². The van der Waals surface area contributed by atoms with Crippen molar-refractivity contribution in [1.29, 1.82) is 0 Å². The van der Waals surface area contributed by atoms with Crippen LogP contribution >= 0.6 is 0 Å². The smallest absolute Gasteiger partial charge is 0.408 e. The van der Waals surface area contributed by atoms with Gasteiger partial charge in [-0.1, -0.05) is 60.7 Å². The van der Waals surface area contributed by atoms with Crippen molar-refractivity contribution in [3.63, 3.8) is 0 Å². The number of primary amides is 1. The molecule has 0 radical (unpaired) electrons. The van der Waals surface area contributed by atoms with Gasteiger partial charge in [-0.05, 0) is 81.0 Å². The Labute approximate surface area is 359 Å². The molecule has 4 aromatic rings. The van der Waals surface area contributed by atoms with E-state index in [2.05, 4.69) is 26.3 Å². The maximum atomic E-state index is 14.2. The van der Waals surface area contributed by atoms with E-state index >= 15 is 0 Å². The van der Waals surface area contributed by atoms with Crippen LogP contribution in [0.15, 0.2) is 91.1 Å². The van der Waals surface area contributed by atoms with E-state index in [0.29, 0.717) is 23.1 Å². The van der Waals surface area contributed by atoms with Gasteiger partial charge in [0.25, 0.3) is 0 Å². The molecule has 1 aromatic heterocycles. The second-order valence-corrected chi connectivity index (χ2v) is 15.8. The molecule has 1 unspecified atom stereocenters. The molecule has 0 aliphatic rings. The molecule has 0 saturated heterocycles. The number of carboxylic acid groups (broad SMARTS) is 1. The summed E-state index contributed by atoms with van der Waals surface area (Å²) in [7, 11) is 1.28. The zero-order valence-electron chi connectivity index (χ0n) is 35.2. The second kappa shape index (κ2) is 22.4. The number of nitrogens with zero attached hydrogens (tertiary/aromatic N) is 1. The molecule has 4 atom stereocenters. The summed E-state index contributed by atoms with van der Waals surface area (Å²) in [5, 5.41) is 30.6. The summed E-state index contributed by atoms with van der Waals surface area (Å²) in [6, 6.07) is 16.9. The molecule has 62 heavy (non-hydrogen) atoms. The Morgan fingerprint density at radius 2 is 1.47 bits per heavy atom. The van der Waals surface area contributed by atoms with E-state index in [9.17, 15) is 43.8 Å². The molecule has 330 valence electrons. The number of carboxylic acids is 1. The summed E-state index contributed by atoms with van der Waals surface area (Å²) in [4.78, 5) is 96.5. The van der Waals surface area contributed by atoms with Gasteiger partial charge >= 0.3 is 12.1 Å². The number of carbonyl (C=O) groups excluding carboxylic acids is 6. The van der Waals surface area contributed by atoms with Crippen LogP contribution in [0.2, 0.25) is 0 Å². The largest absolute Gasteiger partial charge is 0.508 e. The van der Waals surface area contributed by atoms with Gasteiger partial charge in [-0.3, -0.25) is 28.8 Å². The number of ether oxygens (including phenoxy) is 1. The van der Waals surface area contributed by atoms with Gasteiger partial charge in [-0.2, -0.15) is 0 Å². The van der Waals surface area contributed by atoms with E-state index in [4.69, 9.17) is 10.5 Å². The Kier molecular flexibility index (Phi) is 17.2. The highest BCUT2D eigenvalue weighted by molar-refractivity contribution is 5.97. The third kappa shape index (κ3) is 15.1. The summed E-state index contributed by atoms with van der Waals surface area (Å²) < 4.78 is 5.45. The number of rotatable bonds is 21.